The molecule has 4 aromatic rings. The van der Waals surface area contributed by atoms with Gasteiger partial charge in [0.05, 0.1) is 23.6 Å². The summed E-state index contributed by atoms with van der Waals surface area (Å²) in [4.78, 5) is 29.4. The van der Waals surface area contributed by atoms with Crippen molar-refractivity contribution >= 4 is 34.3 Å². The average molecular weight is 520 g/mol. The van der Waals surface area contributed by atoms with Crippen LogP contribution in [0.4, 0.5) is 26.2 Å². The molecule has 1 aliphatic heterocycles. The zero-order valence-corrected chi connectivity index (χ0v) is 22.0. The van der Waals surface area contributed by atoms with E-state index in [-0.39, 0.29) is 23.6 Å². The maximum Gasteiger partial charge on any atom is 0.229 e. The van der Waals surface area contributed by atoms with Crippen LogP contribution >= 0.6 is 0 Å². The monoisotopic (exact) mass is 519 g/mol. The third-order valence-electron chi connectivity index (χ3n) is 6.96. The smallest absolute Gasteiger partial charge is 0.229 e. The van der Waals surface area contributed by atoms with E-state index in [2.05, 4.69) is 32.1 Å². The molecule has 5 rings (SSSR count). The molecule has 8 nitrogen and oxygen atoms in total. The highest BCUT2D eigenvalue weighted by Gasteiger charge is 2.22. The van der Waals surface area contributed by atoms with E-state index in [1.165, 1.54) is 6.07 Å². The maximum absolute atomic E-state index is 15.0. The van der Waals surface area contributed by atoms with E-state index in [9.17, 15) is 9.18 Å². The molecule has 198 valence electrons. The SMILES string of the molecule is CCN1CCC(=O)N(c2ccc(Nc3ncc(F)c(-c4cc(F)c5cc(C)n(C(C)C)c5c4)n3)nc2)CC1. The zero-order valence-electron chi connectivity index (χ0n) is 22.0. The summed E-state index contributed by atoms with van der Waals surface area (Å²) in [6, 6.07) is 8.50. The van der Waals surface area contributed by atoms with Gasteiger partial charge in [-0.2, -0.15) is 0 Å². The molecule has 0 atom stereocenters. The Morgan fingerprint density at radius 2 is 1.84 bits per heavy atom. The van der Waals surface area contributed by atoms with E-state index in [0.29, 0.717) is 40.9 Å². The van der Waals surface area contributed by atoms with E-state index in [1.54, 1.807) is 29.3 Å². The van der Waals surface area contributed by atoms with Crippen molar-refractivity contribution in [1.29, 1.82) is 0 Å². The van der Waals surface area contributed by atoms with Gasteiger partial charge in [0.1, 0.15) is 17.3 Å². The normalized spacial score (nSPS) is 14.9. The summed E-state index contributed by atoms with van der Waals surface area (Å²) in [5, 5.41) is 3.47. The first kappa shape index (κ1) is 25.7. The second-order valence-corrected chi connectivity index (χ2v) is 9.79. The lowest BCUT2D eigenvalue weighted by molar-refractivity contribution is -0.118. The van der Waals surface area contributed by atoms with Crippen molar-refractivity contribution in [2.75, 3.05) is 36.4 Å². The van der Waals surface area contributed by atoms with Gasteiger partial charge in [0.2, 0.25) is 11.9 Å². The van der Waals surface area contributed by atoms with Crippen molar-refractivity contribution in [2.45, 2.75) is 40.2 Å². The Kier molecular flexibility index (Phi) is 7.07. The van der Waals surface area contributed by atoms with Gasteiger partial charge in [-0.05, 0) is 57.6 Å². The molecule has 0 aliphatic carbocycles. The van der Waals surface area contributed by atoms with Crippen LogP contribution < -0.4 is 10.2 Å². The Hall–Kier alpha value is -3.92. The van der Waals surface area contributed by atoms with Crippen molar-refractivity contribution in [3.8, 4) is 11.3 Å². The molecule has 10 heteroatoms. The second kappa shape index (κ2) is 10.4. The molecule has 3 aromatic heterocycles. The summed E-state index contributed by atoms with van der Waals surface area (Å²) in [5.74, 6) is -0.456. The maximum atomic E-state index is 15.0. The molecule has 1 amide bonds. The molecule has 1 fully saturated rings. The van der Waals surface area contributed by atoms with Gasteiger partial charge in [0, 0.05) is 48.7 Å². The number of aryl methyl sites for hydroxylation is 1. The molecule has 1 aliphatic rings. The lowest BCUT2D eigenvalue weighted by Gasteiger charge is -2.21. The summed E-state index contributed by atoms with van der Waals surface area (Å²) in [5.41, 5.74) is 2.64. The Morgan fingerprint density at radius 1 is 1.03 bits per heavy atom. The number of pyridine rings is 1. The van der Waals surface area contributed by atoms with Gasteiger partial charge in [-0.15, -0.1) is 0 Å². The van der Waals surface area contributed by atoms with Crippen molar-refractivity contribution in [1.82, 2.24) is 24.4 Å². The van der Waals surface area contributed by atoms with Crippen molar-refractivity contribution in [3.63, 3.8) is 0 Å². The number of halogens is 2. The zero-order chi connectivity index (χ0) is 27.0. The van der Waals surface area contributed by atoms with Crippen LogP contribution in [0.3, 0.4) is 0 Å². The summed E-state index contributed by atoms with van der Waals surface area (Å²) < 4.78 is 31.9. The van der Waals surface area contributed by atoms with Gasteiger partial charge in [0.15, 0.2) is 5.82 Å². The number of nitrogens with one attached hydrogen (secondary N) is 1. The quantitative estimate of drug-likeness (QED) is 0.364. The first-order chi connectivity index (χ1) is 18.2. The molecular weight excluding hydrogens is 488 g/mol. The molecule has 0 spiro atoms. The number of likely N-dealkylation sites (N-methyl/N-ethyl adjacent to an activating group) is 1. The highest BCUT2D eigenvalue weighted by Crippen LogP contribution is 2.32. The summed E-state index contributed by atoms with van der Waals surface area (Å²) in [7, 11) is 0. The molecule has 1 aromatic carbocycles. The minimum atomic E-state index is -0.655. The highest BCUT2D eigenvalue weighted by atomic mass is 19.1. The van der Waals surface area contributed by atoms with Gasteiger partial charge in [0.25, 0.3) is 0 Å². The van der Waals surface area contributed by atoms with E-state index >= 15 is 4.39 Å². The molecule has 1 N–H and O–H groups in total. The molecule has 0 unspecified atom stereocenters. The van der Waals surface area contributed by atoms with Crippen molar-refractivity contribution < 1.29 is 13.6 Å². The van der Waals surface area contributed by atoms with Crippen LogP contribution in [0, 0.1) is 18.6 Å². The lowest BCUT2D eigenvalue weighted by atomic mass is 10.1. The second-order valence-electron chi connectivity index (χ2n) is 9.79. The number of hydrogen-bond donors (Lipinski definition) is 1. The predicted molar refractivity (Wildman–Crippen MR) is 145 cm³/mol. The number of carbonyl (C=O) groups is 1. The first-order valence-electron chi connectivity index (χ1n) is 12.8. The predicted octanol–water partition coefficient (Wildman–Crippen LogP) is 5.46. The van der Waals surface area contributed by atoms with Crippen LogP contribution in [0.1, 0.15) is 38.9 Å². The third kappa shape index (κ3) is 4.96. The van der Waals surface area contributed by atoms with Gasteiger partial charge in [-0.3, -0.25) is 4.79 Å². The van der Waals surface area contributed by atoms with Gasteiger partial charge >= 0.3 is 0 Å². The molecule has 1 saturated heterocycles. The number of anilines is 3. The van der Waals surface area contributed by atoms with Crippen molar-refractivity contribution in [2.24, 2.45) is 0 Å². The fourth-order valence-electron chi connectivity index (χ4n) is 5.06. The standard InChI is InChI=1S/C28H31F2N7O/c1-5-35-9-8-26(38)36(11-10-35)20-6-7-25(31-15-20)33-28-32-16-23(30)27(34-28)19-13-22(29)21-12-18(4)37(17(2)3)24(21)14-19/h6-7,12-17H,5,8-11H2,1-4H3,(H,31,32,33,34). The molecule has 0 radical (unpaired) electrons. The number of aromatic nitrogens is 4. The number of carbonyl (C=O) groups excluding carboxylic acids is 1. The Morgan fingerprint density at radius 3 is 2.55 bits per heavy atom. The molecule has 4 heterocycles. The van der Waals surface area contributed by atoms with Crippen LogP contribution in [-0.2, 0) is 4.79 Å². The lowest BCUT2D eigenvalue weighted by Crippen LogP contribution is -2.33. The minimum absolute atomic E-state index is 0.00952. The van der Waals surface area contributed by atoms with Crippen molar-refractivity contribution in [3.05, 3.63) is 60.1 Å². The van der Waals surface area contributed by atoms with Gasteiger partial charge in [-0.25, -0.2) is 23.7 Å². The summed E-state index contributed by atoms with van der Waals surface area (Å²) in [6.07, 6.45) is 3.15. The first-order valence-corrected chi connectivity index (χ1v) is 12.8. The molecule has 38 heavy (non-hydrogen) atoms. The van der Waals surface area contributed by atoms with E-state index in [0.717, 1.165) is 31.5 Å². The number of amides is 1. The van der Waals surface area contributed by atoms with Crippen LogP contribution in [-0.4, -0.2) is 56.5 Å². The molecule has 0 saturated carbocycles. The summed E-state index contributed by atoms with van der Waals surface area (Å²) >= 11 is 0. The van der Waals surface area contributed by atoms with E-state index < -0.39 is 11.6 Å². The number of fused-ring (bicyclic) bond motifs is 1. The van der Waals surface area contributed by atoms with Crippen LogP contribution in [0.2, 0.25) is 0 Å². The third-order valence-corrected chi connectivity index (χ3v) is 6.96. The molecular formula is C28H31F2N7O. The average Bonchev–Trinajstić information content (AvgIpc) is 3.12. The fraction of sp³-hybridized carbons (Fsp3) is 0.357. The van der Waals surface area contributed by atoms with E-state index in [4.69, 9.17) is 0 Å². The Labute approximate surface area is 220 Å². The van der Waals surface area contributed by atoms with Gasteiger partial charge in [-0.1, -0.05) is 6.92 Å². The van der Waals surface area contributed by atoms with Crippen LogP contribution in [0.25, 0.3) is 22.2 Å². The highest BCUT2D eigenvalue weighted by molar-refractivity contribution is 5.93. The number of rotatable bonds is 6. The van der Waals surface area contributed by atoms with Gasteiger partial charge < -0.3 is 19.7 Å². The summed E-state index contributed by atoms with van der Waals surface area (Å²) in [6.45, 7) is 11.1. The number of hydrogen-bond acceptors (Lipinski definition) is 6. The number of nitrogens with zero attached hydrogens (tertiary/aromatic N) is 6. The minimum Gasteiger partial charge on any atom is -0.342 e. The largest absolute Gasteiger partial charge is 0.342 e. The molecule has 0 bridgehead atoms. The fourth-order valence-corrected chi connectivity index (χ4v) is 5.06. The van der Waals surface area contributed by atoms with Crippen LogP contribution in [0.15, 0.2) is 42.7 Å². The number of benzene rings is 1. The Balaban J connectivity index is 1.40. The van der Waals surface area contributed by atoms with E-state index in [1.807, 2.05) is 31.4 Å². The topological polar surface area (TPSA) is 79.2 Å². The van der Waals surface area contributed by atoms with Crippen LogP contribution in [0.5, 0.6) is 0 Å². The Bertz CT molecular complexity index is 1480.